The van der Waals surface area contributed by atoms with Gasteiger partial charge in [-0.1, -0.05) is 13.0 Å². The molecule has 2 heterocycles. The van der Waals surface area contributed by atoms with Crippen LogP contribution in [0.3, 0.4) is 0 Å². The highest BCUT2D eigenvalue weighted by Crippen LogP contribution is 2.29. The van der Waals surface area contributed by atoms with E-state index in [1.807, 2.05) is 12.1 Å². The minimum absolute atomic E-state index is 0.610. The van der Waals surface area contributed by atoms with Crippen molar-refractivity contribution in [2.75, 3.05) is 7.11 Å². The highest BCUT2D eigenvalue weighted by Gasteiger charge is 2.11. The fraction of sp³-hybridized carbons (Fsp3) is 0.214. The Morgan fingerprint density at radius 3 is 2.79 bits per heavy atom. The maximum Gasteiger partial charge on any atom is 0.197 e. The number of benzene rings is 1. The lowest BCUT2D eigenvalue weighted by Gasteiger charge is -2.07. The van der Waals surface area contributed by atoms with Crippen molar-refractivity contribution in [2.45, 2.75) is 13.3 Å². The summed E-state index contributed by atoms with van der Waals surface area (Å²) in [7, 11) is 1.66. The zero-order valence-corrected chi connectivity index (χ0v) is 10.8. The Kier molecular flexibility index (Phi) is 2.87. The van der Waals surface area contributed by atoms with Crippen molar-refractivity contribution in [2.24, 2.45) is 0 Å². The van der Waals surface area contributed by atoms with Crippen LogP contribution in [-0.2, 0) is 6.42 Å². The standard InChI is InChI=1S/C14H14N4O/c1-3-9-4-5-10(11(8-9)19-2)12-17-13-14(18-12)16-7-6-15-13/h4-8H,3H2,1-2H3,(H,15,16,17,18). The largest absolute Gasteiger partial charge is 0.496 e. The molecule has 5 heteroatoms. The van der Waals surface area contributed by atoms with E-state index < -0.39 is 0 Å². The van der Waals surface area contributed by atoms with Crippen LogP contribution in [0.4, 0.5) is 0 Å². The predicted molar refractivity (Wildman–Crippen MR) is 73.0 cm³/mol. The van der Waals surface area contributed by atoms with Gasteiger partial charge >= 0.3 is 0 Å². The molecule has 0 spiro atoms. The molecule has 0 saturated heterocycles. The molecule has 19 heavy (non-hydrogen) atoms. The first-order valence-corrected chi connectivity index (χ1v) is 6.16. The number of nitrogens with one attached hydrogen (secondary N) is 1. The number of methoxy groups -OCH3 is 1. The first-order valence-electron chi connectivity index (χ1n) is 6.16. The maximum absolute atomic E-state index is 5.44. The highest BCUT2D eigenvalue weighted by molar-refractivity contribution is 5.74. The Labute approximate surface area is 110 Å². The van der Waals surface area contributed by atoms with E-state index in [9.17, 15) is 0 Å². The molecular weight excluding hydrogens is 240 g/mol. The van der Waals surface area contributed by atoms with Gasteiger partial charge in [-0.25, -0.2) is 15.0 Å². The smallest absolute Gasteiger partial charge is 0.197 e. The number of fused-ring (bicyclic) bond motifs is 1. The van der Waals surface area contributed by atoms with Crippen molar-refractivity contribution in [1.29, 1.82) is 0 Å². The third kappa shape index (κ3) is 2.03. The van der Waals surface area contributed by atoms with Gasteiger partial charge in [-0.2, -0.15) is 0 Å². The number of hydrogen-bond donors (Lipinski definition) is 1. The lowest BCUT2D eigenvalue weighted by molar-refractivity contribution is 0.415. The van der Waals surface area contributed by atoms with Crippen LogP contribution in [0, 0.1) is 0 Å². The Balaban J connectivity index is 2.15. The third-order valence-electron chi connectivity index (χ3n) is 3.06. The van der Waals surface area contributed by atoms with Gasteiger partial charge in [-0.05, 0) is 24.1 Å². The van der Waals surface area contributed by atoms with E-state index in [1.54, 1.807) is 19.5 Å². The van der Waals surface area contributed by atoms with Crippen LogP contribution >= 0.6 is 0 Å². The molecule has 0 aliphatic heterocycles. The molecule has 1 aromatic carbocycles. The molecule has 0 bridgehead atoms. The van der Waals surface area contributed by atoms with Crippen LogP contribution in [0.2, 0.25) is 0 Å². The van der Waals surface area contributed by atoms with Crippen molar-refractivity contribution in [3.05, 3.63) is 36.2 Å². The molecule has 0 unspecified atom stereocenters. The van der Waals surface area contributed by atoms with Gasteiger partial charge in [-0.3, -0.25) is 0 Å². The van der Waals surface area contributed by atoms with Gasteiger partial charge in [-0.15, -0.1) is 0 Å². The number of imidazole rings is 1. The summed E-state index contributed by atoms with van der Waals surface area (Å²) in [5.41, 5.74) is 3.44. The van der Waals surface area contributed by atoms with E-state index in [-0.39, 0.29) is 0 Å². The van der Waals surface area contributed by atoms with E-state index in [4.69, 9.17) is 4.74 Å². The van der Waals surface area contributed by atoms with Crippen molar-refractivity contribution in [1.82, 2.24) is 19.9 Å². The average molecular weight is 254 g/mol. The molecular formula is C14H14N4O. The van der Waals surface area contributed by atoms with Gasteiger partial charge in [0.2, 0.25) is 0 Å². The zero-order chi connectivity index (χ0) is 13.2. The van der Waals surface area contributed by atoms with Gasteiger partial charge < -0.3 is 9.72 Å². The Morgan fingerprint density at radius 2 is 2.05 bits per heavy atom. The van der Waals surface area contributed by atoms with Gasteiger partial charge in [0, 0.05) is 12.4 Å². The summed E-state index contributed by atoms with van der Waals surface area (Å²) in [5, 5.41) is 0. The van der Waals surface area contributed by atoms with E-state index in [1.165, 1.54) is 5.56 Å². The molecule has 0 saturated carbocycles. The van der Waals surface area contributed by atoms with Crippen LogP contribution in [0.5, 0.6) is 5.75 Å². The van der Waals surface area contributed by atoms with E-state index >= 15 is 0 Å². The number of nitrogens with zero attached hydrogens (tertiary/aromatic N) is 3. The van der Waals surface area contributed by atoms with Crippen LogP contribution in [0.1, 0.15) is 12.5 Å². The van der Waals surface area contributed by atoms with Gasteiger partial charge in [0.15, 0.2) is 11.3 Å². The monoisotopic (exact) mass is 254 g/mol. The number of ether oxygens (including phenoxy) is 1. The quantitative estimate of drug-likeness (QED) is 0.780. The second-order valence-electron chi connectivity index (χ2n) is 4.20. The van der Waals surface area contributed by atoms with Crippen molar-refractivity contribution >= 4 is 11.3 Å². The SMILES string of the molecule is CCc1ccc(-c2nc3nccnc3[nH]2)c(OC)c1. The Bertz CT molecular complexity index is 687. The number of aromatic nitrogens is 4. The van der Waals surface area contributed by atoms with Crippen LogP contribution in [0.15, 0.2) is 30.6 Å². The van der Waals surface area contributed by atoms with Crippen LogP contribution in [0.25, 0.3) is 22.7 Å². The Hall–Kier alpha value is -2.43. The highest BCUT2D eigenvalue weighted by atomic mass is 16.5. The van der Waals surface area contributed by atoms with Gasteiger partial charge in [0.05, 0.1) is 12.7 Å². The molecule has 0 aliphatic rings. The second-order valence-corrected chi connectivity index (χ2v) is 4.20. The summed E-state index contributed by atoms with van der Waals surface area (Å²) in [6.45, 7) is 2.11. The van der Waals surface area contributed by atoms with Gasteiger partial charge in [0.25, 0.3) is 0 Å². The topological polar surface area (TPSA) is 63.7 Å². The van der Waals surface area contributed by atoms with Crippen LogP contribution < -0.4 is 4.74 Å². The molecule has 0 amide bonds. The molecule has 3 aromatic rings. The number of rotatable bonds is 3. The van der Waals surface area contributed by atoms with Crippen molar-refractivity contribution < 1.29 is 4.74 Å². The molecule has 0 radical (unpaired) electrons. The Morgan fingerprint density at radius 1 is 1.21 bits per heavy atom. The van der Waals surface area contributed by atoms with E-state index in [2.05, 4.69) is 32.9 Å². The summed E-state index contributed by atoms with van der Waals surface area (Å²) >= 11 is 0. The fourth-order valence-corrected chi connectivity index (χ4v) is 2.03. The summed E-state index contributed by atoms with van der Waals surface area (Å²) in [5.74, 6) is 1.53. The number of aromatic amines is 1. The molecule has 1 N–H and O–H groups in total. The molecule has 0 fully saturated rings. The van der Waals surface area contributed by atoms with Gasteiger partial charge in [0.1, 0.15) is 11.6 Å². The third-order valence-corrected chi connectivity index (χ3v) is 3.06. The number of hydrogen-bond acceptors (Lipinski definition) is 4. The number of aryl methyl sites for hydroxylation is 1. The zero-order valence-electron chi connectivity index (χ0n) is 10.8. The summed E-state index contributed by atoms with van der Waals surface area (Å²) in [6.07, 6.45) is 4.24. The normalized spacial score (nSPS) is 10.8. The lowest BCUT2D eigenvalue weighted by Crippen LogP contribution is -1.91. The maximum atomic E-state index is 5.44. The molecule has 3 rings (SSSR count). The van der Waals surface area contributed by atoms with Crippen molar-refractivity contribution in [3.8, 4) is 17.1 Å². The van der Waals surface area contributed by atoms with Crippen LogP contribution in [-0.4, -0.2) is 27.0 Å². The predicted octanol–water partition coefficient (Wildman–Crippen LogP) is 2.59. The fourth-order valence-electron chi connectivity index (χ4n) is 2.03. The first-order chi connectivity index (χ1) is 9.31. The molecule has 2 aromatic heterocycles. The minimum atomic E-state index is 0.610. The van der Waals surface area contributed by atoms with Crippen molar-refractivity contribution in [3.63, 3.8) is 0 Å². The summed E-state index contributed by atoms with van der Waals surface area (Å²) < 4.78 is 5.44. The summed E-state index contributed by atoms with van der Waals surface area (Å²) in [6, 6.07) is 6.12. The lowest BCUT2D eigenvalue weighted by atomic mass is 10.1. The van der Waals surface area contributed by atoms with E-state index in [0.29, 0.717) is 11.3 Å². The molecule has 96 valence electrons. The first kappa shape index (κ1) is 11.6. The summed E-state index contributed by atoms with van der Waals surface area (Å²) in [4.78, 5) is 16.0. The average Bonchev–Trinajstić information content (AvgIpc) is 2.90. The number of H-pyrrole nitrogens is 1. The van der Waals surface area contributed by atoms with E-state index in [0.717, 1.165) is 23.6 Å². The minimum Gasteiger partial charge on any atom is -0.496 e. The molecule has 0 atom stereocenters. The second kappa shape index (κ2) is 4.68. The molecule has 5 nitrogen and oxygen atoms in total. The molecule has 0 aliphatic carbocycles.